The number of carbonyl (C=O) groups is 1. The molecule has 3 heteroatoms. The maximum atomic E-state index is 11.3. The summed E-state index contributed by atoms with van der Waals surface area (Å²) >= 11 is 0. The second kappa shape index (κ2) is 5.59. The monoisotopic (exact) mass is 211 g/mol. The molecule has 1 N–H and O–H groups in total. The number of nitrogens with one attached hydrogen (secondary N) is 1. The molecule has 0 aromatic carbocycles. The molecule has 0 saturated heterocycles. The fraction of sp³-hybridized carbons (Fsp3) is 0.583. The van der Waals surface area contributed by atoms with Crippen LogP contribution in [0.4, 0.5) is 0 Å². The van der Waals surface area contributed by atoms with Crippen molar-refractivity contribution in [2.24, 2.45) is 5.41 Å². The van der Waals surface area contributed by atoms with E-state index in [0.717, 1.165) is 0 Å². The Kier molecular flexibility index (Phi) is 5.12. The van der Waals surface area contributed by atoms with Gasteiger partial charge in [-0.25, -0.2) is 0 Å². The zero-order chi connectivity index (χ0) is 12.1. The van der Waals surface area contributed by atoms with Gasteiger partial charge in [0.15, 0.2) is 0 Å². The number of hydrogen-bond donors (Lipinski definition) is 1. The van der Waals surface area contributed by atoms with Gasteiger partial charge in [-0.3, -0.25) is 4.79 Å². The van der Waals surface area contributed by atoms with Gasteiger partial charge in [0.2, 0.25) is 5.91 Å². The Labute approximate surface area is 92.2 Å². The van der Waals surface area contributed by atoms with Gasteiger partial charge in [0, 0.05) is 17.5 Å². The van der Waals surface area contributed by atoms with Crippen LogP contribution in [-0.2, 0) is 9.53 Å². The Morgan fingerprint density at radius 1 is 1.33 bits per heavy atom. The summed E-state index contributed by atoms with van der Waals surface area (Å²) in [5.74, 6) is 0.577. The number of ether oxygens (including phenoxy) is 1. The first kappa shape index (κ1) is 13.8. The van der Waals surface area contributed by atoms with Crippen molar-refractivity contribution in [1.29, 1.82) is 0 Å². The van der Waals surface area contributed by atoms with Crippen LogP contribution in [0.3, 0.4) is 0 Å². The van der Waals surface area contributed by atoms with E-state index in [4.69, 9.17) is 4.74 Å². The number of allylic oxidation sites excluding steroid dienone is 1. The van der Waals surface area contributed by atoms with Gasteiger partial charge in [-0.15, -0.1) is 0 Å². The third kappa shape index (κ3) is 6.77. The minimum absolute atomic E-state index is 0.107. The van der Waals surface area contributed by atoms with Crippen LogP contribution in [0.25, 0.3) is 0 Å². The average Bonchev–Trinajstić information content (AvgIpc) is 2.11. The van der Waals surface area contributed by atoms with Crippen LogP contribution in [0.15, 0.2) is 24.5 Å². The minimum atomic E-state index is -0.113. The van der Waals surface area contributed by atoms with Crippen molar-refractivity contribution in [1.82, 2.24) is 5.32 Å². The topological polar surface area (TPSA) is 38.3 Å². The van der Waals surface area contributed by atoms with Gasteiger partial charge in [0.25, 0.3) is 0 Å². The van der Waals surface area contributed by atoms with Crippen LogP contribution in [0.5, 0.6) is 0 Å². The van der Waals surface area contributed by atoms with Crippen LogP contribution in [0.1, 0.15) is 27.7 Å². The highest BCUT2D eigenvalue weighted by atomic mass is 16.5. The number of carbonyl (C=O) groups excluding carboxylic acids is 1. The zero-order valence-electron chi connectivity index (χ0n) is 10.1. The summed E-state index contributed by atoms with van der Waals surface area (Å²) in [5.41, 5.74) is 0.413. The molecule has 0 aliphatic rings. The van der Waals surface area contributed by atoms with Crippen molar-refractivity contribution in [3.63, 3.8) is 0 Å². The Balaban J connectivity index is 3.98. The molecule has 0 rings (SSSR count). The Hall–Kier alpha value is -1.25. The van der Waals surface area contributed by atoms with Gasteiger partial charge in [-0.1, -0.05) is 27.0 Å². The first-order chi connectivity index (χ1) is 6.74. The van der Waals surface area contributed by atoms with Gasteiger partial charge in [0.1, 0.15) is 0 Å². The Morgan fingerprint density at radius 3 is 2.27 bits per heavy atom. The van der Waals surface area contributed by atoms with E-state index in [2.05, 4.69) is 18.5 Å². The number of amides is 1. The molecule has 0 aromatic heterocycles. The van der Waals surface area contributed by atoms with Crippen LogP contribution in [-0.4, -0.2) is 19.1 Å². The van der Waals surface area contributed by atoms with Crippen molar-refractivity contribution in [2.75, 3.05) is 13.2 Å². The quantitative estimate of drug-likeness (QED) is 0.540. The fourth-order valence-electron chi connectivity index (χ4n) is 0.840. The van der Waals surface area contributed by atoms with Gasteiger partial charge in [-0.2, -0.15) is 0 Å². The highest BCUT2D eigenvalue weighted by Gasteiger charge is 2.19. The van der Waals surface area contributed by atoms with E-state index in [1.54, 1.807) is 6.92 Å². The minimum Gasteiger partial charge on any atom is -0.498 e. The van der Waals surface area contributed by atoms with Crippen LogP contribution < -0.4 is 5.32 Å². The molecule has 0 saturated carbocycles. The summed E-state index contributed by atoms with van der Waals surface area (Å²) in [6.07, 6.45) is 0. The van der Waals surface area contributed by atoms with Crippen LogP contribution in [0.2, 0.25) is 0 Å². The number of hydrogen-bond acceptors (Lipinski definition) is 2. The van der Waals surface area contributed by atoms with E-state index in [1.165, 1.54) is 0 Å². The highest BCUT2D eigenvalue weighted by Crippen LogP contribution is 2.15. The molecule has 0 radical (unpaired) electrons. The molecule has 0 atom stereocenters. The first-order valence-corrected chi connectivity index (χ1v) is 4.96. The molecular weight excluding hydrogens is 190 g/mol. The number of rotatable bonds is 6. The summed E-state index contributed by atoms with van der Waals surface area (Å²) in [4.78, 5) is 11.3. The predicted molar refractivity (Wildman–Crippen MR) is 62.4 cm³/mol. The maximum absolute atomic E-state index is 11.3. The molecule has 1 amide bonds. The molecule has 3 nitrogen and oxygen atoms in total. The molecule has 86 valence electrons. The molecule has 0 spiro atoms. The fourth-order valence-corrected chi connectivity index (χ4v) is 0.840. The maximum Gasteiger partial charge on any atom is 0.246 e. The summed E-state index contributed by atoms with van der Waals surface area (Å²) in [6.45, 7) is 15.9. The van der Waals surface area contributed by atoms with Crippen molar-refractivity contribution < 1.29 is 9.53 Å². The van der Waals surface area contributed by atoms with Crippen molar-refractivity contribution in [2.45, 2.75) is 27.7 Å². The smallest absolute Gasteiger partial charge is 0.246 e. The standard InChI is InChI=1S/C12H21NO2/c1-9(2)11(14)13-7-12(5,6)8-15-10(3)4/h1,3,7-8H2,2,4-6H3,(H,13,14). The van der Waals surface area contributed by atoms with E-state index in [9.17, 15) is 4.79 Å². The summed E-state index contributed by atoms with van der Waals surface area (Å²) in [6, 6.07) is 0. The molecule has 0 aliphatic heterocycles. The summed E-state index contributed by atoms with van der Waals surface area (Å²) in [7, 11) is 0. The average molecular weight is 211 g/mol. The second-order valence-corrected chi connectivity index (χ2v) is 4.62. The van der Waals surface area contributed by atoms with Gasteiger partial charge >= 0.3 is 0 Å². The van der Waals surface area contributed by atoms with Gasteiger partial charge in [-0.05, 0) is 13.8 Å². The predicted octanol–water partition coefficient (Wildman–Crippen LogP) is 2.26. The lowest BCUT2D eigenvalue weighted by Gasteiger charge is -2.25. The van der Waals surface area contributed by atoms with E-state index in [-0.39, 0.29) is 11.3 Å². The molecule has 0 fully saturated rings. The lowest BCUT2D eigenvalue weighted by atomic mass is 9.94. The van der Waals surface area contributed by atoms with Crippen molar-refractivity contribution in [3.8, 4) is 0 Å². The van der Waals surface area contributed by atoms with Crippen molar-refractivity contribution >= 4 is 5.91 Å². The van der Waals surface area contributed by atoms with Crippen molar-refractivity contribution in [3.05, 3.63) is 24.5 Å². The van der Waals surface area contributed by atoms with Gasteiger partial charge in [0.05, 0.1) is 12.4 Å². The van der Waals surface area contributed by atoms with E-state index >= 15 is 0 Å². The highest BCUT2D eigenvalue weighted by molar-refractivity contribution is 5.92. The third-order valence-corrected chi connectivity index (χ3v) is 1.82. The summed E-state index contributed by atoms with van der Waals surface area (Å²) in [5, 5.41) is 2.80. The molecule has 15 heavy (non-hydrogen) atoms. The molecule has 0 aromatic rings. The molecule has 0 bridgehead atoms. The van der Waals surface area contributed by atoms with Crippen LogP contribution >= 0.6 is 0 Å². The van der Waals surface area contributed by atoms with E-state index in [0.29, 0.717) is 24.5 Å². The van der Waals surface area contributed by atoms with E-state index in [1.807, 2.05) is 20.8 Å². The molecule has 0 unspecified atom stereocenters. The lowest BCUT2D eigenvalue weighted by Crippen LogP contribution is -2.36. The van der Waals surface area contributed by atoms with Crippen LogP contribution in [0, 0.1) is 5.41 Å². The lowest BCUT2D eigenvalue weighted by molar-refractivity contribution is -0.118. The van der Waals surface area contributed by atoms with Gasteiger partial charge < -0.3 is 10.1 Å². The largest absolute Gasteiger partial charge is 0.498 e. The molecule has 0 heterocycles. The Morgan fingerprint density at radius 2 is 1.87 bits per heavy atom. The molecular formula is C12H21NO2. The second-order valence-electron chi connectivity index (χ2n) is 4.62. The first-order valence-electron chi connectivity index (χ1n) is 4.96. The Bertz CT molecular complexity index is 267. The normalized spacial score (nSPS) is 10.7. The zero-order valence-corrected chi connectivity index (χ0v) is 10.1. The van der Waals surface area contributed by atoms with E-state index < -0.39 is 0 Å². The SMILES string of the molecule is C=C(C)OCC(C)(C)CNC(=O)C(=C)C. The molecule has 0 aliphatic carbocycles. The summed E-state index contributed by atoms with van der Waals surface area (Å²) < 4.78 is 5.33. The third-order valence-electron chi connectivity index (χ3n) is 1.82.